The van der Waals surface area contributed by atoms with Crippen LogP contribution in [0.2, 0.25) is 0 Å². The van der Waals surface area contributed by atoms with Gasteiger partial charge in [0.2, 0.25) is 5.91 Å². The minimum Gasteiger partial charge on any atom is -0.481 e. The number of amides is 1. The third-order valence-corrected chi connectivity index (χ3v) is 2.28. The largest absolute Gasteiger partial charge is 0.481 e. The standard InChI is InChI=1S/C9H9N3O4/c13-8(14)2-7-6(9(15)12-11-7)1-5-3-10-16-4-5/h3-4,6H,1-2H2,(H,12,15)(H,13,14). The van der Waals surface area contributed by atoms with Gasteiger partial charge in [0.15, 0.2) is 0 Å². The minimum atomic E-state index is -1.01. The molecule has 1 aliphatic heterocycles. The number of carboxylic acid groups (broad SMARTS) is 1. The van der Waals surface area contributed by atoms with Crippen molar-refractivity contribution in [2.24, 2.45) is 11.0 Å². The second kappa shape index (κ2) is 4.13. The van der Waals surface area contributed by atoms with Crippen molar-refractivity contribution in [2.45, 2.75) is 12.8 Å². The van der Waals surface area contributed by atoms with Crippen molar-refractivity contribution >= 4 is 17.6 Å². The fourth-order valence-corrected chi connectivity index (χ4v) is 1.53. The topological polar surface area (TPSA) is 105 Å². The van der Waals surface area contributed by atoms with Crippen LogP contribution in [-0.2, 0) is 16.0 Å². The van der Waals surface area contributed by atoms with Crippen LogP contribution in [-0.4, -0.2) is 27.9 Å². The molecule has 16 heavy (non-hydrogen) atoms. The van der Waals surface area contributed by atoms with Crippen LogP contribution in [0.5, 0.6) is 0 Å². The van der Waals surface area contributed by atoms with E-state index >= 15 is 0 Å². The molecule has 0 spiro atoms. The van der Waals surface area contributed by atoms with E-state index in [1.807, 2.05) is 0 Å². The van der Waals surface area contributed by atoms with Gasteiger partial charge in [0.05, 0.1) is 24.2 Å². The van der Waals surface area contributed by atoms with Crippen molar-refractivity contribution in [3.05, 3.63) is 18.0 Å². The Bertz CT molecular complexity index is 438. The van der Waals surface area contributed by atoms with Gasteiger partial charge in [-0.1, -0.05) is 5.16 Å². The van der Waals surface area contributed by atoms with E-state index in [0.29, 0.717) is 12.1 Å². The monoisotopic (exact) mass is 223 g/mol. The fraction of sp³-hybridized carbons (Fsp3) is 0.333. The molecule has 1 aromatic heterocycles. The van der Waals surface area contributed by atoms with E-state index in [9.17, 15) is 9.59 Å². The first kappa shape index (κ1) is 10.3. The van der Waals surface area contributed by atoms with E-state index in [2.05, 4.69) is 20.2 Å². The van der Waals surface area contributed by atoms with Crippen LogP contribution in [0.25, 0.3) is 0 Å². The summed E-state index contributed by atoms with van der Waals surface area (Å²) in [6.45, 7) is 0. The number of hydrogen-bond acceptors (Lipinski definition) is 5. The SMILES string of the molecule is O=C(O)CC1=NNC(=O)C1Cc1cnoc1. The molecule has 1 aromatic rings. The van der Waals surface area contributed by atoms with Crippen LogP contribution >= 0.6 is 0 Å². The van der Waals surface area contributed by atoms with Gasteiger partial charge >= 0.3 is 5.97 Å². The highest BCUT2D eigenvalue weighted by Crippen LogP contribution is 2.16. The quantitative estimate of drug-likeness (QED) is 0.735. The summed E-state index contributed by atoms with van der Waals surface area (Å²) in [5.41, 5.74) is 3.34. The molecule has 0 radical (unpaired) electrons. The Labute approximate surface area is 90.1 Å². The van der Waals surface area contributed by atoms with Gasteiger partial charge in [0.1, 0.15) is 6.26 Å². The lowest BCUT2D eigenvalue weighted by atomic mass is 9.94. The molecule has 1 amide bonds. The molecule has 1 aliphatic rings. The van der Waals surface area contributed by atoms with Crippen molar-refractivity contribution in [2.75, 3.05) is 0 Å². The molecular formula is C9H9N3O4. The van der Waals surface area contributed by atoms with Crippen molar-refractivity contribution in [3.63, 3.8) is 0 Å². The van der Waals surface area contributed by atoms with Gasteiger partial charge in [0, 0.05) is 5.56 Å². The van der Waals surface area contributed by atoms with Crippen LogP contribution in [0.1, 0.15) is 12.0 Å². The molecule has 2 N–H and O–H groups in total. The molecule has 0 aliphatic carbocycles. The Kier molecular flexibility index (Phi) is 2.67. The van der Waals surface area contributed by atoms with Crippen LogP contribution < -0.4 is 5.43 Å². The molecule has 7 heteroatoms. The summed E-state index contributed by atoms with van der Waals surface area (Å²) in [4.78, 5) is 22.0. The number of carbonyl (C=O) groups excluding carboxylic acids is 1. The zero-order chi connectivity index (χ0) is 11.5. The normalized spacial score (nSPS) is 19.4. The van der Waals surface area contributed by atoms with E-state index in [0.717, 1.165) is 5.56 Å². The fourth-order valence-electron chi connectivity index (χ4n) is 1.53. The van der Waals surface area contributed by atoms with E-state index in [-0.39, 0.29) is 12.3 Å². The molecule has 0 bridgehead atoms. The van der Waals surface area contributed by atoms with Crippen LogP contribution in [0, 0.1) is 5.92 Å². The van der Waals surface area contributed by atoms with Crippen molar-refractivity contribution < 1.29 is 19.2 Å². The van der Waals surface area contributed by atoms with Crippen LogP contribution in [0.15, 0.2) is 22.1 Å². The predicted octanol–water partition coefficient (Wildman–Crippen LogP) is -0.206. The number of nitrogens with one attached hydrogen (secondary N) is 1. The van der Waals surface area contributed by atoms with Crippen LogP contribution in [0.3, 0.4) is 0 Å². The molecule has 84 valence electrons. The second-order valence-corrected chi connectivity index (χ2v) is 3.44. The number of hydrogen-bond donors (Lipinski definition) is 2. The van der Waals surface area contributed by atoms with Gasteiger partial charge in [-0.3, -0.25) is 9.59 Å². The summed E-state index contributed by atoms with van der Waals surface area (Å²) in [6, 6.07) is 0. The molecule has 2 rings (SSSR count). The molecule has 0 saturated carbocycles. The summed E-state index contributed by atoms with van der Waals surface area (Å²) >= 11 is 0. The van der Waals surface area contributed by atoms with Gasteiger partial charge in [-0.05, 0) is 6.42 Å². The average molecular weight is 223 g/mol. The Morgan fingerprint density at radius 1 is 1.62 bits per heavy atom. The first-order valence-corrected chi connectivity index (χ1v) is 4.63. The van der Waals surface area contributed by atoms with Gasteiger partial charge in [-0.2, -0.15) is 5.10 Å². The smallest absolute Gasteiger partial charge is 0.309 e. The number of carboxylic acids is 1. The lowest BCUT2D eigenvalue weighted by Gasteiger charge is -2.06. The number of rotatable bonds is 4. The molecule has 0 saturated heterocycles. The number of hydrazone groups is 1. The zero-order valence-electron chi connectivity index (χ0n) is 8.21. The summed E-state index contributed by atoms with van der Waals surface area (Å²) in [6.07, 6.45) is 3.02. The molecule has 1 unspecified atom stereocenters. The van der Waals surface area contributed by atoms with E-state index in [1.54, 1.807) is 0 Å². The molecule has 7 nitrogen and oxygen atoms in total. The Hall–Kier alpha value is -2.18. The van der Waals surface area contributed by atoms with E-state index < -0.39 is 11.9 Å². The molecule has 1 atom stereocenters. The molecule has 0 aromatic carbocycles. The number of carbonyl (C=O) groups is 2. The third-order valence-electron chi connectivity index (χ3n) is 2.28. The molecule has 0 fully saturated rings. The second-order valence-electron chi connectivity index (χ2n) is 3.44. The number of aliphatic carboxylic acids is 1. The molecular weight excluding hydrogens is 214 g/mol. The minimum absolute atomic E-state index is 0.241. The highest BCUT2D eigenvalue weighted by Gasteiger charge is 2.31. The van der Waals surface area contributed by atoms with Crippen molar-refractivity contribution in [1.29, 1.82) is 0 Å². The summed E-state index contributed by atoms with van der Waals surface area (Å²) in [7, 11) is 0. The lowest BCUT2D eigenvalue weighted by Crippen LogP contribution is -2.26. The highest BCUT2D eigenvalue weighted by atomic mass is 16.5. The summed E-state index contributed by atoms with van der Waals surface area (Å²) in [5, 5.41) is 15.9. The Balaban J connectivity index is 2.09. The van der Waals surface area contributed by atoms with E-state index in [1.165, 1.54) is 12.5 Å². The van der Waals surface area contributed by atoms with Gasteiger partial charge in [-0.25, -0.2) is 5.43 Å². The Morgan fingerprint density at radius 3 is 3.06 bits per heavy atom. The first-order valence-electron chi connectivity index (χ1n) is 4.63. The Morgan fingerprint density at radius 2 is 2.44 bits per heavy atom. The number of nitrogens with zero attached hydrogens (tertiary/aromatic N) is 2. The number of aromatic nitrogens is 1. The first-order chi connectivity index (χ1) is 7.66. The maximum absolute atomic E-state index is 11.4. The zero-order valence-corrected chi connectivity index (χ0v) is 8.21. The molecule has 2 heterocycles. The maximum Gasteiger partial charge on any atom is 0.309 e. The van der Waals surface area contributed by atoms with Gasteiger partial charge < -0.3 is 9.63 Å². The highest BCUT2D eigenvalue weighted by molar-refractivity contribution is 6.13. The average Bonchev–Trinajstić information content (AvgIpc) is 2.82. The lowest BCUT2D eigenvalue weighted by molar-refractivity contribution is -0.135. The van der Waals surface area contributed by atoms with Gasteiger partial charge in [0.25, 0.3) is 0 Å². The summed E-state index contributed by atoms with van der Waals surface area (Å²) in [5.74, 6) is -1.85. The van der Waals surface area contributed by atoms with Gasteiger partial charge in [-0.15, -0.1) is 0 Å². The van der Waals surface area contributed by atoms with Crippen molar-refractivity contribution in [3.8, 4) is 0 Å². The van der Waals surface area contributed by atoms with E-state index in [4.69, 9.17) is 5.11 Å². The maximum atomic E-state index is 11.4. The van der Waals surface area contributed by atoms with Crippen molar-refractivity contribution in [1.82, 2.24) is 10.6 Å². The third kappa shape index (κ3) is 2.08. The summed E-state index contributed by atoms with van der Waals surface area (Å²) < 4.78 is 4.64. The predicted molar refractivity (Wildman–Crippen MR) is 51.5 cm³/mol. The van der Waals surface area contributed by atoms with Crippen LogP contribution in [0.4, 0.5) is 0 Å².